The summed E-state index contributed by atoms with van der Waals surface area (Å²) in [5.74, 6) is 1.31. The predicted octanol–water partition coefficient (Wildman–Crippen LogP) is 6.90. The summed E-state index contributed by atoms with van der Waals surface area (Å²) in [6.07, 6.45) is 9.87. The fourth-order valence-corrected chi connectivity index (χ4v) is 3.17. The van der Waals surface area contributed by atoms with Gasteiger partial charge in [0.25, 0.3) is 0 Å². The number of nitrogens with zero attached hydrogens (tertiary/aromatic N) is 2. The van der Waals surface area contributed by atoms with Crippen molar-refractivity contribution in [3.05, 3.63) is 42.2 Å². The molecule has 0 spiro atoms. The van der Waals surface area contributed by atoms with Crippen LogP contribution in [0.1, 0.15) is 70.8 Å². The van der Waals surface area contributed by atoms with Crippen LogP contribution in [0.15, 0.2) is 36.7 Å². The number of aromatic nitrogens is 2. The van der Waals surface area contributed by atoms with E-state index in [9.17, 15) is 8.78 Å². The van der Waals surface area contributed by atoms with Crippen LogP contribution < -0.4 is 4.74 Å². The summed E-state index contributed by atoms with van der Waals surface area (Å²) >= 11 is 0. The van der Waals surface area contributed by atoms with Gasteiger partial charge in [0.2, 0.25) is 0 Å². The van der Waals surface area contributed by atoms with E-state index < -0.39 is 12.3 Å². The molecule has 0 N–H and O–H groups in total. The Morgan fingerprint density at radius 2 is 1.52 bits per heavy atom. The van der Waals surface area contributed by atoms with E-state index in [0.717, 1.165) is 12.0 Å². The highest BCUT2D eigenvalue weighted by Gasteiger charge is 2.18. The first kappa shape index (κ1) is 23.2. The number of benzene rings is 1. The van der Waals surface area contributed by atoms with Crippen LogP contribution >= 0.6 is 0 Å². The number of alkyl halides is 2. The molecule has 0 aliphatic rings. The van der Waals surface area contributed by atoms with Crippen molar-refractivity contribution in [2.24, 2.45) is 0 Å². The average molecular weight is 405 g/mol. The van der Waals surface area contributed by atoms with Crippen molar-refractivity contribution in [1.29, 1.82) is 0 Å². The Bertz CT molecular complexity index is 676. The Hall–Kier alpha value is -2.04. The average Bonchev–Trinajstić information content (AvgIpc) is 2.76. The lowest BCUT2D eigenvalue weighted by atomic mass is 10.1. The van der Waals surface area contributed by atoms with E-state index in [4.69, 9.17) is 4.74 Å². The lowest BCUT2D eigenvalue weighted by Crippen LogP contribution is -2.19. The van der Waals surface area contributed by atoms with Gasteiger partial charge in [-0.05, 0) is 49.1 Å². The first-order valence-electron chi connectivity index (χ1n) is 11.0. The van der Waals surface area contributed by atoms with Crippen molar-refractivity contribution in [3.8, 4) is 17.1 Å². The van der Waals surface area contributed by atoms with E-state index in [-0.39, 0.29) is 19.4 Å². The summed E-state index contributed by atoms with van der Waals surface area (Å²) in [6, 6.07) is 7.38. The molecule has 2 unspecified atom stereocenters. The molecule has 5 heteroatoms. The Morgan fingerprint density at radius 3 is 2.17 bits per heavy atom. The molecular formula is C24H34F2N2O. The highest BCUT2D eigenvalue weighted by Crippen LogP contribution is 2.20. The lowest BCUT2D eigenvalue weighted by molar-refractivity contribution is 0.133. The van der Waals surface area contributed by atoms with Crippen molar-refractivity contribution < 1.29 is 13.5 Å². The van der Waals surface area contributed by atoms with Crippen LogP contribution in [0.2, 0.25) is 0 Å². The molecule has 1 aromatic carbocycles. The second-order valence-electron chi connectivity index (χ2n) is 7.53. The number of ether oxygens (including phenoxy) is 1. The van der Waals surface area contributed by atoms with Gasteiger partial charge < -0.3 is 4.74 Å². The predicted molar refractivity (Wildman–Crippen MR) is 115 cm³/mol. The van der Waals surface area contributed by atoms with Gasteiger partial charge in [-0.3, -0.25) is 0 Å². The topological polar surface area (TPSA) is 35.0 Å². The largest absolute Gasteiger partial charge is 0.493 e. The third kappa shape index (κ3) is 8.46. The molecule has 0 aliphatic carbocycles. The molecule has 0 radical (unpaired) electrons. The van der Waals surface area contributed by atoms with E-state index in [1.165, 1.54) is 44.1 Å². The van der Waals surface area contributed by atoms with Gasteiger partial charge in [-0.1, -0.05) is 46.0 Å². The minimum atomic E-state index is -1.47. The summed E-state index contributed by atoms with van der Waals surface area (Å²) < 4.78 is 32.2. The van der Waals surface area contributed by atoms with E-state index in [0.29, 0.717) is 11.6 Å². The molecule has 0 saturated carbocycles. The standard InChI is InChI=1S/C24H34F2N2O/c1-3-5-6-7-8-9-10-19-17-27-24(28-18-19)20-11-13-21(14-12-20)29-16-15-23(26)22(25)4-2/h11-14,17-18,22-23H,3-10,15-16H2,1-2H3. The fraction of sp³-hybridized carbons (Fsp3) is 0.583. The van der Waals surface area contributed by atoms with Crippen LogP contribution in [0.25, 0.3) is 11.4 Å². The summed E-state index contributed by atoms with van der Waals surface area (Å²) in [4.78, 5) is 8.96. The molecule has 1 aromatic heterocycles. The molecule has 0 amide bonds. The van der Waals surface area contributed by atoms with E-state index in [2.05, 4.69) is 16.9 Å². The highest BCUT2D eigenvalue weighted by atomic mass is 19.2. The first-order chi connectivity index (χ1) is 14.1. The molecule has 1 heterocycles. The van der Waals surface area contributed by atoms with Crippen LogP contribution in [-0.2, 0) is 6.42 Å². The number of hydrogen-bond acceptors (Lipinski definition) is 3. The molecule has 160 valence electrons. The Kier molecular flexibility index (Phi) is 10.6. The van der Waals surface area contributed by atoms with Crippen LogP contribution in [0, 0.1) is 0 Å². The SMILES string of the molecule is CCCCCCCCc1cnc(-c2ccc(OCCC(F)C(F)CC)cc2)nc1. The quantitative estimate of drug-likeness (QED) is 0.321. The van der Waals surface area contributed by atoms with E-state index in [1.807, 2.05) is 36.7 Å². The van der Waals surface area contributed by atoms with Gasteiger partial charge >= 0.3 is 0 Å². The van der Waals surface area contributed by atoms with Crippen molar-refractivity contribution in [1.82, 2.24) is 9.97 Å². The molecule has 29 heavy (non-hydrogen) atoms. The van der Waals surface area contributed by atoms with Crippen molar-refractivity contribution >= 4 is 0 Å². The molecule has 0 aliphatic heterocycles. The van der Waals surface area contributed by atoms with Gasteiger partial charge in [-0.25, -0.2) is 18.7 Å². The third-order valence-corrected chi connectivity index (χ3v) is 5.08. The lowest BCUT2D eigenvalue weighted by Gasteiger charge is -2.12. The maximum atomic E-state index is 13.5. The van der Waals surface area contributed by atoms with Gasteiger partial charge in [-0.15, -0.1) is 0 Å². The zero-order valence-corrected chi connectivity index (χ0v) is 17.7. The zero-order valence-electron chi connectivity index (χ0n) is 17.7. The monoisotopic (exact) mass is 404 g/mol. The number of unbranched alkanes of at least 4 members (excludes halogenated alkanes) is 5. The smallest absolute Gasteiger partial charge is 0.159 e. The van der Waals surface area contributed by atoms with Gasteiger partial charge in [0, 0.05) is 24.4 Å². The first-order valence-corrected chi connectivity index (χ1v) is 11.0. The highest BCUT2D eigenvalue weighted by molar-refractivity contribution is 5.55. The van der Waals surface area contributed by atoms with E-state index in [1.54, 1.807) is 6.92 Å². The summed E-state index contributed by atoms with van der Waals surface area (Å²) in [5, 5.41) is 0. The summed E-state index contributed by atoms with van der Waals surface area (Å²) in [6.45, 7) is 4.03. The minimum absolute atomic E-state index is 0.0555. The van der Waals surface area contributed by atoms with Gasteiger partial charge in [0.1, 0.15) is 18.1 Å². The Morgan fingerprint density at radius 1 is 0.862 bits per heavy atom. The number of rotatable bonds is 14. The summed E-state index contributed by atoms with van der Waals surface area (Å²) in [7, 11) is 0. The van der Waals surface area contributed by atoms with Crippen molar-refractivity contribution in [3.63, 3.8) is 0 Å². The minimum Gasteiger partial charge on any atom is -0.493 e. The second kappa shape index (κ2) is 13.2. The van der Waals surface area contributed by atoms with Gasteiger partial charge in [-0.2, -0.15) is 0 Å². The van der Waals surface area contributed by atoms with Crippen LogP contribution in [0.3, 0.4) is 0 Å². The van der Waals surface area contributed by atoms with Gasteiger partial charge in [0.05, 0.1) is 6.61 Å². The van der Waals surface area contributed by atoms with Gasteiger partial charge in [0.15, 0.2) is 5.82 Å². The van der Waals surface area contributed by atoms with E-state index >= 15 is 0 Å². The molecule has 0 bridgehead atoms. The number of hydrogen-bond donors (Lipinski definition) is 0. The zero-order chi connectivity index (χ0) is 20.9. The third-order valence-electron chi connectivity index (χ3n) is 5.08. The molecule has 2 atom stereocenters. The Balaban J connectivity index is 1.76. The normalized spacial score (nSPS) is 13.2. The molecule has 2 aromatic rings. The van der Waals surface area contributed by atoms with Crippen LogP contribution in [0.4, 0.5) is 8.78 Å². The molecule has 3 nitrogen and oxygen atoms in total. The number of aryl methyl sites for hydroxylation is 1. The molecule has 2 rings (SSSR count). The van der Waals surface area contributed by atoms with Crippen LogP contribution in [0.5, 0.6) is 5.75 Å². The molecule has 0 saturated heterocycles. The second-order valence-corrected chi connectivity index (χ2v) is 7.53. The maximum absolute atomic E-state index is 13.5. The fourth-order valence-electron chi connectivity index (χ4n) is 3.17. The number of halogens is 2. The van der Waals surface area contributed by atoms with Crippen LogP contribution in [-0.4, -0.2) is 28.9 Å². The summed E-state index contributed by atoms with van der Waals surface area (Å²) in [5.41, 5.74) is 2.07. The molecule has 0 fully saturated rings. The maximum Gasteiger partial charge on any atom is 0.159 e. The Labute approximate surface area is 173 Å². The van der Waals surface area contributed by atoms with Crippen molar-refractivity contribution in [2.45, 2.75) is 84.0 Å². The van der Waals surface area contributed by atoms with Crippen molar-refractivity contribution in [2.75, 3.05) is 6.61 Å². The molecular weight excluding hydrogens is 370 g/mol.